The molecule has 0 radical (unpaired) electrons. The first-order valence-electron chi connectivity index (χ1n) is 10.6. The van der Waals surface area contributed by atoms with Crippen molar-refractivity contribution in [3.63, 3.8) is 0 Å². The van der Waals surface area contributed by atoms with Gasteiger partial charge >= 0.3 is 0 Å². The molecule has 9 heteroatoms. The minimum Gasteiger partial charge on any atom is -0.497 e. The van der Waals surface area contributed by atoms with Crippen LogP contribution in [0.15, 0.2) is 66.7 Å². The van der Waals surface area contributed by atoms with Crippen LogP contribution in [0, 0.1) is 10.1 Å². The SMILES string of the molecule is COc1ccc(CCN2Cc3cc(NC(=O)c4ccc([N+](=O)[O-])cc4)ccc3OCC2=O)cc1. The molecule has 174 valence electrons. The van der Waals surface area contributed by atoms with Crippen LogP contribution in [0.3, 0.4) is 0 Å². The van der Waals surface area contributed by atoms with Gasteiger partial charge in [0.1, 0.15) is 11.5 Å². The maximum absolute atomic E-state index is 12.6. The van der Waals surface area contributed by atoms with Crippen LogP contribution in [-0.4, -0.2) is 41.9 Å². The molecule has 0 aromatic heterocycles. The van der Waals surface area contributed by atoms with Gasteiger partial charge in [-0.2, -0.15) is 0 Å². The van der Waals surface area contributed by atoms with Crippen LogP contribution in [0.5, 0.6) is 11.5 Å². The zero-order valence-corrected chi connectivity index (χ0v) is 18.5. The highest BCUT2D eigenvalue weighted by Gasteiger charge is 2.22. The Morgan fingerprint density at radius 3 is 2.53 bits per heavy atom. The van der Waals surface area contributed by atoms with E-state index in [0.29, 0.717) is 36.5 Å². The number of benzene rings is 3. The van der Waals surface area contributed by atoms with E-state index in [1.807, 2.05) is 24.3 Å². The molecular formula is C25H23N3O6. The summed E-state index contributed by atoms with van der Waals surface area (Å²) in [5.74, 6) is 0.867. The summed E-state index contributed by atoms with van der Waals surface area (Å²) < 4.78 is 10.8. The summed E-state index contributed by atoms with van der Waals surface area (Å²) in [5.41, 5.74) is 2.62. The summed E-state index contributed by atoms with van der Waals surface area (Å²) in [6.45, 7) is 0.822. The van der Waals surface area contributed by atoms with Gasteiger partial charge in [-0.3, -0.25) is 19.7 Å². The minimum atomic E-state index is -0.518. The van der Waals surface area contributed by atoms with Crippen molar-refractivity contribution in [2.45, 2.75) is 13.0 Å². The number of methoxy groups -OCH3 is 1. The van der Waals surface area contributed by atoms with Crippen molar-refractivity contribution in [3.05, 3.63) is 93.5 Å². The Bertz CT molecular complexity index is 1210. The molecule has 0 aliphatic carbocycles. The lowest BCUT2D eigenvalue weighted by Gasteiger charge is -2.20. The highest BCUT2D eigenvalue weighted by molar-refractivity contribution is 6.04. The number of hydrogen-bond acceptors (Lipinski definition) is 6. The molecule has 2 amide bonds. The van der Waals surface area contributed by atoms with Gasteiger partial charge in [0.2, 0.25) is 0 Å². The quantitative estimate of drug-likeness (QED) is 0.423. The smallest absolute Gasteiger partial charge is 0.269 e. The highest BCUT2D eigenvalue weighted by Crippen LogP contribution is 2.27. The molecule has 0 spiro atoms. The first-order valence-corrected chi connectivity index (χ1v) is 10.6. The van der Waals surface area contributed by atoms with Crippen LogP contribution in [0.25, 0.3) is 0 Å². The van der Waals surface area contributed by atoms with Crippen LogP contribution in [0.4, 0.5) is 11.4 Å². The molecule has 1 heterocycles. The number of amides is 2. The standard InChI is InChI=1S/C25H23N3O6/c1-33-22-9-2-17(3-10-22)12-13-27-15-19-14-20(6-11-23(19)34-16-24(27)29)26-25(30)18-4-7-21(8-5-18)28(31)32/h2-11,14H,12-13,15-16H2,1H3,(H,26,30). The van der Waals surface area contributed by atoms with Gasteiger partial charge in [-0.05, 0) is 54.4 Å². The number of carbonyl (C=O) groups excluding carboxylic acids is 2. The van der Waals surface area contributed by atoms with Gasteiger partial charge in [-0.1, -0.05) is 12.1 Å². The largest absolute Gasteiger partial charge is 0.497 e. The Morgan fingerprint density at radius 1 is 1.12 bits per heavy atom. The fourth-order valence-corrected chi connectivity index (χ4v) is 3.64. The Balaban J connectivity index is 1.44. The Labute approximate surface area is 196 Å². The molecular weight excluding hydrogens is 438 g/mol. The second-order valence-corrected chi connectivity index (χ2v) is 7.78. The van der Waals surface area contributed by atoms with Crippen LogP contribution >= 0.6 is 0 Å². The van der Waals surface area contributed by atoms with Crippen molar-refractivity contribution in [1.82, 2.24) is 4.90 Å². The summed E-state index contributed by atoms with van der Waals surface area (Å²) in [7, 11) is 1.62. The number of nitro groups is 1. The summed E-state index contributed by atoms with van der Waals surface area (Å²) >= 11 is 0. The van der Waals surface area contributed by atoms with Gasteiger partial charge in [-0.15, -0.1) is 0 Å². The fourth-order valence-electron chi connectivity index (χ4n) is 3.64. The van der Waals surface area contributed by atoms with Gasteiger partial charge in [0.15, 0.2) is 6.61 Å². The third-order valence-electron chi connectivity index (χ3n) is 5.55. The van der Waals surface area contributed by atoms with E-state index in [-0.39, 0.29) is 18.2 Å². The molecule has 0 atom stereocenters. The van der Waals surface area contributed by atoms with Crippen molar-refractivity contribution in [2.75, 3.05) is 25.6 Å². The molecule has 1 aliphatic rings. The number of ether oxygens (including phenoxy) is 2. The van der Waals surface area contributed by atoms with E-state index in [9.17, 15) is 19.7 Å². The van der Waals surface area contributed by atoms with Crippen molar-refractivity contribution >= 4 is 23.2 Å². The number of rotatable bonds is 7. The minimum absolute atomic E-state index is 0.0515. The second kappa shape index (κ2) is 10.0. The third-order valence-corrected chi connectivity index (χ3v) is 5.55. The average molecular weight is 461 g/mol. The van der Waals surface area contributed by atoms with Crippen LogP contribution in [0.1, 0.15) is 21.5 Å². The Hall–Kier alpha value is -4.40. The molecule has 0 bridgehead atoms. The Morgan fingerprint density at radius 2 is 1.85 bits per heavy atom. The van der Waals surface area contributed by atoms with Crippen LogP contribution in [-0.2, 0) is 17.8 Å². The summed E-state index contributed by atoms with van der Waals surface area (Å²) in [6.07, 6.45) is 0.682. The van der Waals surface area contributed by atoms with Crippen molar-refractivity contribution in [1.29, 1.82) is 0 Å². The number of anilines is 1. The lowest BCUT2D eigenvalue weighted by atomic mass is 10.1. The van der Waals surface area contributed by atoms with Crippen molar-refractivity contribution in [3.8, 4) is 11.5 Å². The van der Waals surface area contributed by atoms with E-state index in [4.69, 9.17) is 9.47 Å². The van der Waals surface area contributed by atoms with Gasteiger partial charge in [0.25, 0.3) is 17.5 Å². The first-order chi connectivity index (χ1) is 16.4. The summed E-state index contributed by atoms with van der Waals surface area (Å²) in [4.78, 5) is 37.2. The molecule has 0 fully saturated rings. The highest BCUT2D eigenvalue weighted by atomic mass is 16.6. The van der Waals surface area contributed by atoms with Gasteiger partial charge < -0.3 is 19.7 Å². The molecule has 9 nitrogen and oxygen atoms in total. The van der Waals surface area contributed by atoms with E-state index >= 15 is 0 Å². The predicted octanol–water partition coefficient (Wildman–Crippen LogP) is 3.82. The van der Waals surface area contributed by atoms with Crippen molar-refractivity contribution < 1.29 is 24.0 Å². The molecule has 0 unspecified atom stereocenters. The maximum Gasteiger partial charge on any atom is 0.269 e. The first kappa shape index (κ1) is 22.8. The van der Waals surface area contributed by atoms with E-state index in [1.54, 1.807) is 30.2 Å². The van der Waals surface area contributed by atoms with E-state index in [0.717, 1.165) is 16.9 Å². The number of non-ortho nitro benzene ring substituents is 1. The average Bonchev–Trinajstić information content (AvgIpc) is 3.01. The zero-order chi connectivity index (χ0) is 24.1. The van der Waals surface area contributed by atoms with Crippen molar-refractivity contribution in [2.24, 2.45) is 0 Å². The summed E-state index contributed by atoms with van der Waals surface area (Å²) in [5, 5.41) is 13.6. The molecule has 3 aromatic carbocycles. The van der Waals surface area contributed by atoms with E-state index in [2.05, 4.69) is 5.32 Å². The molecule has 3 aromatic rings. The fraction of sp³-hybridized carbons (Fsp3) is 0.200. The molecule has 34 heavy (non-hydrogen) atoms. The lowest BCUT2D eigenvalue weighted by Crippen LogP contribution is -2.34. The van der Waals surface area contributed by atoms with E-state index in [1.165, 1.54) is 24.3 Å². The Kier molecular flexibility index (Phi) is 6.72. The number of nitrogens with zero attached hydrogens (tertiary/aromatic N) is 2. The van der Waals surface area contributed by atoms with Gasteiger partial charge in [-0.25, -0.2) is 0 Å². The van der Waals surface area contributed by atoms with Crippen LogP contribution < -0.4 is 14.8 Å². The number of nitro benzene ring substituents is 1. The van der Waals surface area contributed by atoms with Gasteiger partial charge in [0, 0.05) is 42.0 Å². The predicted molar refractivity (Wildman–Crippen MR) is 125 cm³/mol. The molecule has 1 aliphatic heterocycles. The molecule has 0 saturated heterocycles. The molecule has 4 rings (SSSR count). The lowest BCUT2D eigenvalue weighted by molar-refractivity contribution is -0.384. The van der Waals surface area contributed by atoms with Crippen LogP contribution in [0.2, 0.25) is 0 Å². The second-order valence-electron chi connectivity index (χ2n) is 7.78. The number of hydrogen-bond donors (Lipinski definition) is 1. The third kappa shape index (κ3) is 5.32. The number of carbonyl (C=O) groups is 2. The zero-order valence-electron chi connectivity index (χ0n) is 18.5. The monoisotopic (exact) mass is 461 g/mol. The van der Waals surface area contributed by atoms with E-state index < -0.39 is 10.8 Å². The normalized spacial score (nSPS) is 12.9. The maximum atomic E-state index is 12.6. The molecule has 1 N–H and O–H groups in total. The van der Waals surface area contributed by atoms with Gasteiger partial charge in [0.05, 0.1) is 12.0 Å². The number of nitrogens with one attached hydrogen (secondary N) is 1. The topological polar surface area (TPSA) is 111 Å². The molecule has 0 saturated carbocycles. The summed E-state index contributed by atoms with van der Waals surface area (Å²) in [6, 6.07) is 18.3. The number of fused-ring (bicyclic) bond motifs is 1.